The van der Waals surface area contributed by atoms with Gasteiger partial charge < -0.3 is 25.0 Å². The van der Waals surface area contributed by atoms with Crippen LogP contribution in [0.2, 0.25) is 0 Å². The molecular weight excluding hydrogens is 364 g/mol. The van der Waals surface area contributed by atoms with Crippen LogP contribution in [-0.2, 0) is 19.1 Å². The van der Waals surface area contributed by atoms with Crippen LogP contribution in [0.15, 0.2) is 11.8 Å². The highest BCUT2D eigenvalue weighted by molar-refractivity contribution is 5.97. The van der Waals surface area contributed by atoms with Crippen LogP contribution in [0, 0.1) is 17.2 Å². The Labute approximate surface area is 166 Å². The lowest BCUT2D eigenvalue weighted by molar-refractivity contribution is -0.150. The van der Waals surface area contributed by atoms with Gasteiger partial charge in [-0.3, -0.25) is 9.59 Å². The smallest absolute Gasteiger partial charge is 0.407 e. The normalized spacial score (nSPS) is 15.4. The molecule has 1 aliphatic rings. The minimum absolute atomic E-state index is 0.0214. The summed E-state index contributed by atoms with van der Waals surface area (Å²) < 4.78 is 10.1. The molecule has 28 heavy (non-hydrogen) atoms. The summed E-state index contributed by atoms with van der Waals surface area (Å²) in [6.07, 6.45) is 1.86. The van der Waals surface area contributed by atoms with Gasteiger partial charge in [-0.05, 0) is 40.5 Å². The Morgan fingerprint density at radius 3 is 2.39 bits per heavy atom. The highest BCUT2D eigenvalue weighted by atomic mass is 16.6. The number of carbonyl (C=O) groups excluding carboxylic acids is 3. The highest BCUT2D eigenvalue weighted by Gasteiger charge is 2.29. The third kappa shape index (κ3) is 8.29. The van der Waals surface area contributed by atoms with E-state index in [1.54, 1.807) is 32.6 Å². The molecule has 0 aromatic rings. The largest absolute Gasteiger partial charge is 0.466 e. The lowest BCUT2D eigenvalue weighted by Crippen LogP contribution is -2.41. The number of piperidine rings is 1. The Morgan fingerprint density at radius 2 is 1.86 bits per heavy atom. The van der Waals surface area contributed by atoms with Crippen molar-refractivity contribution in [3.8, 4) is 6.07 Å². The van der Waals surface area contributed by atoms with E-state index in [2.05, 4.69) is 10.6 Å². The van der Waals surface area contributed by atoms with E-state index in [1.165, 1.54) is 6.20 Å². The number of likely N-dealkylation sites (tertiary alicyclic amines) is 1. The summed E-state index contributed by atoms with van der Waals surface area (Å²) in [4.78, 5) is 37.3. The Kier molecular flexibility index (Phi) is 9.28. The van der Waals surface area contributed by atoms with Gasteiger partial charge in [0.1, 0.15) is 17.2 Å². The topological polar surface area (TPSA) is 121 Å². The number of nitrogens with one attached hydrogen (secondary N) is 2. The summed E-state index contributed by atoms with van der Waals surface area (Å²) in [6, 6.07) is 1.89. The third-order valence-electron chi connectivity index (χ3n) is 3.94. The van der Waals surface area contributed by atoms with Crippen LogP contribution in [0.4, 0.5) is 4.79 Å². The fraction of sp³-hybridized carbons (Fsp3) is 0.684. The van der Waals surface area contributed by atoms with E-state index in [9.17, 15) is 19.6 Å². The molecule has 1 fully saturated rings. The number of nitrogens with zero attached hydrogens (tertiary/aromatic N) is 2. The lowest BCUT2D eigenvalue weighted by atomic mass is 9.96. The third-order valence-corrected chi connectivity index (χ3v) is 3.94. The van der Waals surface area contributed by atoms with Gasteiger partial charge in [0.2, 0.25) is 0 Å². The van der Waals surface area contributed by atoms with Gasteiger partial charge in [-0.25, -0.2) is 4.79 Å². The maximum Gasteiger partial charge on any atom is 0.407 e. The summed E-state index contributed by atoms with van der Waals surface area (Å²) in [5, 5.41) is 14.7. The van der Waals surface area contributed by atoms with Crippen molar-refractivity contribution in [1.82, 2.24) is 15.5 Å². The monoisotopic (exact) mass is 394 g/mol. The predicted octanol–water partition coefficient (Wildman–Crippen LogP) is 1.31. The fourth-order valence-corrected chi connectivity index (χ4v) is 2.62. The highest BCUT2D eigenvalue weighted by Crippen LogP contribution is 2.20. The van der Waals surface area contributed by atoms with E-state index in [4.69, 9.17) is 9.47 Å². The molecule has 0 bridgehead atoms. The quantitative estimate of drug-likeness (QED) is 0.289. The van der Waals surface area contributed by atoms with Gasteiger partial charge in [-0.1, -0.05) is 0 Å². The van der Waals surface area contributed by atoms with Crippen LogP contribution in [-0.4, -0.2) is 61.3 Å². The number of nitriles is 1. The van der Waals surface area contributed by atoms with Crippen LogP contribution >= 0.6 is 0 Å². The van der Waals surface area contributed by atoms with Crippen LogP contribution in [0.5, 0.6) is 0 Å². The van der Waals surface area contributed by atoms with Crippen molar-refractivity contribution in [1.29, 1.82) is 5.26 Å². The SMILES string of the molecule is CCOC(=O)C1CCN(C(=O)/C(C#N)=C\NCCNC(=O)OC(C)(C)C)CC1. The van der Waals surface area contributed by atoms with Gasteiger partial charge in [-0.15, -0.1) is 0 Å². The molecule has 1 rings (SSSR count). The maximum absolute atomic E-state index is 12.4. The second-order valence-electron chi connectivity index (χ2n) is 7.37. The second kappa shape index (κ2) is 11.2. The van der Waals surface area contributed by atoms with E-state index < -0.39 is 11.7 Å². The van der Waals surface area contributed by atoms with Crippen molar-refractivity contribution in [3.63, 3.8) is 0 Å². The minimum atomic E-state index is -0.571. The average Bonchev–Trinajstić information content (AvgIpc) is 2.63. The van der Waals surface area contributed by atoms with E-state index in [0.717, 1.165) is 0 Å². The first-order valence-corrected chi connectivity index (χ1v) is 9.44. The van der Waals surface area contributed by atoms with Gasteiger partial charge in [-0.2, -0.15) is 5.26 Å². The van der Waals surface area contributed by atoms with Crippen molar-refractivity contribution in [2.24, 2.45) is 5.92 Å². The van der Waals surface area contributed by atoms with Gasteiger partial charge in [0.05, 0.1) is 12.5 Å². The molecule has 0 aromatic carbocycles. The maximum atomic E-state index is 12.4. The molecule has 1 heterocycles. The number of alkyl carbamates (subject to hydrolysis) is 1. The van der Waals surface area contributed by atoms with E-state index in [-0.39, 0.29) is 29.9 Å². The molecule has 9 heteroatoms. The van der Waals surface area contributed by atoms with Crippen molar-refractivity contribution >= 4 is 18.0 Å². The molecule has 0 aromatic heterocycles. The zero-order valence-corrected chi connectivity index (χ0v) is 17.0. The Bertz CT molecular complexity index is 625. The second-order valence-corrected chi connectivity index (χ2v) is 7.37. The van der Waals surface area contributed by atoms with E-state index in [1.807, 2.05) is 6.07 Å². The zero-order chi connectivity index (χ0) is 21.2. The van der Waals surface area contributed by atoms with Crippen LogP contribution in [0.1, 0.15) is 40.5 Å². The first-order valence-electron chi connectivity index (χ1n) is 9.44. The van der Waals surface area contributed by atoms with Gasteiger partial charge in [0, 0.05) is 32.4 Å². The molecule has 1 saturated heterocycles. The number of hydrogen-bond donors (Lipinski definition) is 2. The Morgan fingerprint density at radius 1 is 1.21 bits per heavy atom. The average molecular weight is 394 g/mol. The molecular formula is C19H30N4O5. The van der Waals surface area contributed by atoms with E-state index in [0.29, 0.717) is 39.1 Å². The molecule has 0 unspecified atom stereocenters. The summed E-state index contributed by atoms with van der Waals surface area (Å²) >= 11 is 0. The first-order chi connectivity index (χ1) is 13.2. The molecule has 0 spiro atoms. The molecule has 0 atom stereocenters. The molecule has 9 nitrogen and oxygen atoms in total. The predicted molar refractivity (Wildman–Crippen MR) is 102 cm³/mol. The van der Waals surface area contributed by atoms with Gasteiger partial charge in [0.15, 0.2) is 0 Å². The number of ether oxygens (including phenoxy) is 2. The number of carbonyl (C=O) groups is 3. The van der Waals surface area contributed by atoms with Crippen LogP contribution < -0.4 is 10.6 Å². The van der Waals surface area contributed by atoms with Crippen LogP contribution in [0.25, 0.3) is 0 Å². The van der Waals surface area contributed by atoms with E-state index >= 15 is 0 Å². The fourth-order valence-electron chi connectivity index (χ4n) is 2.62. The van der Waals surface area contributed by atoms with Gasteiger partial charge >= 0.3 is 12.1 Å². The molecule has 156 valence electrons. The minimum Gasteiger partial charge on any atom is -0.466 e. The van der Waals surface area contributed by atoms with Crippen LogP contribution in [0.3, 0.4) is 0 Å². The Balaban J connectivity index is 2.40. The summed E-state index contributed by atoms with van der Waals surface area (Å²) in [6.45, 7) is 8.84. The van der Waals surface area contributed by atoms with Crippen molar-refractivity contribution in [2.45, 2.75) is 46.1 Å². The standard InChI is InChI=1S/C19H30N4O5/c1-5-27-17(25)14-6-10-23(11-7-14)16(24)15(12-20)13-21-8-9-22-18(26)28-19(2,3)4/h13-14,21H,5-11H2,1-4H3,(H,22,26)/b15-13-. The van der Waals surface area contributed by atoms with Crippen molar-refractivity contribution < 1.29 is 23.9 Å². The zero-order valence-electron chi connectivity index (χ0n) is 17.0. The number of amides is 2. The lowest BCUT2D eigenvalue weighted by Gasteiger charge is -2.30. The Hall–Kier alpha value is -2.76. The molecule has 2 N–H and O–H groups in total. The van der Waals surface area contributed by atoms with Crippen molar-refractivity contribution in [3.05, 3.63) is 11.8 Å². The molecule has 0 radical (unpaired) electrons. The number of hydrogen-bond acceptors (Lipinski definition) is 7. The summed E-state index contributed by atoms with van der Waals surface area (Å²) in [5.41, 5.74) is -0.592. The first kappa shape index (κ1) is 23.3. The summed E-state index contributed by atoms with van der Waals surface area (Å²) in [7, 11) is 0. The molecule has 0 aliphatic carbocycles. The molecule has 0 saturated carbocycles. The van der Waals surface area contributed by atoms with Crippen molar-refractivity contribution in [2.75, 3.05) is 32.8 Å². The molecule has 2 amide bonds. The summed E-state index contributed by atoms with van der Waals surface area (Å²) in [5.74, 6) is -0.808. The number of esters is 1. The van der Waals surface area contributed by atoms with Gasteiger partial charge in [0.25, 0.3) is 5.91 Å². The molecule has 1 aliphatic heterocycles. The number of rotatable bonds is 7.